The minimum Gasteiger partial charge on any atom is -0.478 e. The van der Waals surface area contributed by atoms with Crippen molar-refractivity contribution in [1.82, 2.24) is 10.6 Å². The molecule has 0 aliphatic carbocycles. The van der Waals surface area contributed by atoms with Gasteiger partial charge in [0.05, 0.1) is 12.1 Å². The molecule has 0 aromatic heterocycles. The fraction of sp³-hybridized carbons (Fsp3) is 0.333. The topological polar surface area (TPSA) is 78.4 Å². The fourth-order valence-electron chi connectivity index (χ4n) is 1.37. The molecule has 0 saturated heterocycles. The fourth-order valence-corrected chi connectivity index (χ4v) is 1.37. The molecule has 1 rings (SSSR count). The number of aromatic carboxylic acids is 1. The van der Waals surface area contributed by atoms with Crippen molar-refractivity contribution in [1.29, 1.82) is 0 Å². The monoisotopic (exact) mass is 272 g/mol. The molecular formula is C12H14F2N2O3. The van der Waals surface area contributed by atoms with Gasteiger partial charge in [-0.1, -0.05) is 12.1 Å². The molecule has 1 aromatic carbocycles. The van der Waals surface area contributed by atoms with E-state index in [2.05, 4.69) is 5.32 Å². The van der Waals surface area contributed by atoms with E-state index in [4.69, 9.17) is 5.11 Å². The minimum absolute atomic E-state index is 0.186. The molecule has 7 heteroatoms. The highest BCUT2D eigenvalue weighted by atomic mass is 19.3. The number of amides is 2. The van der Waals surface area contributed by atoms with Gasteiger partial charge in [0.1, 0.15) is 0 Å². The highest BCUT2D eigenvalue weighted by Gasteiger charge is 2.05. The Bertz CT molecular complexity index is 435. The summed E-state index contributed by atoms with van der Waals surface area (Å²) in [5, 5.41) is 13.1. The first-order valence-corrected chi connectivity index (χ1v) is 5.61. The number of benzene rings is 1. The molecule has 5 nitrogen and oxygen atoms in total. The summed E-state index contributed by atoms with van der Waals surface area (Å²) in [5.74, 6) is -1.00. The zero-order chi connectivity index (χ0) is 14.3. The van der Waals surface area contributed by atoms with Crippen LogP contribution >= 0.6 is 0 Å². The van der Waals surface area contributed by atoms with Crippen LogP contribution in [0.4, 0.5) is 13.6 Å². The lowest BCUT2D eigenvalue weighted by atomic mass is 10.1. The molecule has 2 amide bonds. The van der Waals surface area contributed by atoms with Gasteiger partial charge in [-0.25, -0.2) is 18.4 Å². The van der Waals surface area contributed by atoms with Crippen LogP contribution in [0.5, 0.6) is 0 Å². The Morgan fingerprint density at radius 1 is 1.16 bits per heavy atom. The second kappa shape index (κ2) is 7.30. The number of hydrogen-bond acceptors (Lipinski definition) is 2. The van der Waals surface area contributed by atoms with Crippen molar-refractivity contribution in [2.45, 2.75) is 12.8 Å². The van der Waals surface area contributed by atoms with Gasteiger partial charge in [0.15, 0.2) is 0 Å². The van der Waals surface area contributed by atoms with Gasteiger partial charge in [-0.3, -0.25) is 0 Å². The second-order valence-electron chi connectivity index (χ2n) is 3.78. The quantitative estimate of drug-likeness (QED) is 0.734. The predicted molar refractivity (Wildman–Crippen MR) is 64.5 cm³/mol. The molecule has 0 aliphatic rings. The number of carboxylic acids is 1. The third-order valence-corrected chi connectivity index (χ3v) is 2.32. The number of alkyl halides is 2. The van der Waals surface area contributed by atoms with Gasteiger partial charge in [0, 0.05) is 6.54 Å². The molecule has 0 bridgehead atoms. The van der Waals surface area contributed by atoms with Gasteiger partial charge in [-0.15, -0.1) is 0 Å². The number of nitrogens with one attached hydrogen (secondary N) is 2. The minimum atomic E-state index is -2.57. The highest BCUT2D eigenvalue weighted by Crippen LogP contribution is 2.04. The van der Waals surface area contributed by atoms with Gasteiger partial charge in [0.25, 0.3) is 6.43 Å². The van der Waals surface area contributed by atoms with E-state index >= 15 is 0 Å². The third-order valence-electron chi connectivity index (χ3n) is 2.32. The standard InChI is InChI=1S/C12H14F2N2O3/c13-10(14)7-16-12(19)15-6-5-8-1-3-9(4-2-8)11(17)18/h1-4,10H,5-7H2,(H,17,18)(H2,15,16,19). The van der Waals surface area contributed by atoms with Crippen molar-refractivity contribution in [3.63, 3.8) is 0 Å². The molecule has 104 valence electrons. The number of carbonyl (C=O) groups is 2. The third kappa shape index (κ3) is 5.80. The second-order valence-corrected chi connectivity index (χ2v) is 3.78. The number of rotatable bonds is 6. The highest BCUT2D eigenvalue weighted by molar-refractivity contribution is 5.87. The predicted octanol–water partition coefficient (Wildman–Crippen LogP) is 1.49. The van der Waals surface area contributed by atoms with Gasteiger partial charge in [-0.05, 0) is 24.1 Å². The Hall–Kier alpha value is -2.18. The largest absolute Gasteiger partial charge is 0.478 e. The number of carbonyl (C=O) groups excluding carboxylic acids is 1. The first kappa shape index (κ1) is 14.9. The number of carboxylic acid groups (broad SMARTS) is 1. The first-order valence-electron chi connectivity index (χ1n) is 5.61. The molecule has 0 spiro atoms. The van der Waals surface area contributed by atoms with Crippen LogP contribution in [0.1, 0.15) is 15.9 Å². The maximum Gasteiger partial charge on any atom is 0.335 e. The van der Waals surface area contributed by atoms with Gasteiger partial charge >= 0.3 is 12.0 Å². The van der Waals surface area contributed by atoms with Crippen LogP contribution in [0.25, 0.3) is 0 Å². The van der Waals surface area contributed by atoms with Crippen LogP contribution in [0.2, 0.25) is 0 Å². The van der Waals surface area contributed by atoms with E-state index < -0.39 is 25.0 Å². The molecule has 0 heterocycles. The Balaban J connectivity index is 2.29. The lowest BCUT2D eigenvalue weighted by Crippen LogP contribution is -2.38. The molecule has 1 aromatic rings. The van der Waals surface area contributed by atoms with Crippen LogP contribution in [0.15, 0.2) is 24.3 Å². The van der Waals surface area contributed by atoms with Crippen molar-refractivity contribution in [3.05, 3.63) is 35.4 Å². The van der Waals surface area contributed by atoms with Crippen LogP contribution in [0.3, 0.4) is 0 Å². The van der Waals surface area contributed by atoms with Gasteiger partial charge in [-0.2, -0.15) is 0 Å². The van der Waals surface area contributed by atoms with E-state index in [1.54, 1.807) is 12.1 Å². The van der Waals surface area contributed by atoms with Crippen molar-refractivity contribution >= 4 is 12.0 Å². The molecule has 19 heavy (non-hydrogen) atoms. The Morgan fingerprint density at radius 2 is 1.79 bits per heavy atom. The average Bonchev–Trinajstić information content (AvgIpc) is 2.37. The van der Waals surface area contributed by atoms with E-state index in [0.717, 1.165) is 5.56 Å². The van der Waals surface area contributed by atoms with Crippen molar-refractivity contribution in [2.24, 2.45) is 0 Å². The Labute approximate surface area is 108 Å². The van der Waals surface area contributed by atoms with Gasteiger partial charge < -0.3 is 15.7 Å². The van der Waals surface area contributed by atoms with Crippen molar-refractivity contribution in [3.8, 4) is 0 Å². The summed E-state index contributed by atoms with van der Waals surface area (Å²) in [6, 6.07) is 5.57. The van der Waals surface area contributed by atoms with Crippen LogP contribution in [-0.2, 0) is 6.42 Å². The normalized spacial score (nSPS) is 10.3. The molecule has 0 unspecified atom stereocenters. The van der Waals surface area contributed by atoms with E-state index in [1.165, 1.54) is 12.1 Å². The van der Waals surface area contributed by atoms with E-state index in [9.17, 15) is 18.4 Å². The zero-order valence-corrected chi connectivity index (χ0v) is 10.0. The van der Waals surface area contributed by atoms with Crippen molar-refractivity contribution < 1.29 is 23.5 Å². The van der Waals surface area contributed by atoms with E-state index in [-0.39, 0.29) is 12.1 Å². The SMILES string of the molecule is O=C(NCCc1ccc(C(=O)O)cc1)NCC(F)F. The molecule has 0 aliphatic heterocycles. The Kier molecular flexibility index (Phi) is 5.72. The summed E-state index contributed by atoms with van der Waals surface area (Å²) in [6.07, 6.45) is -2.09. The number of hydrogen-bond donors (Lipinski definition) is 3. The maximum absolute atomic E-state index is 11.8. The van der Waals surface area contributed by atoms with Crippen LogP contribution in [0, 0.1) is 0 Å². The van der Waals surface area contributed by atoms with E-state index in [0.29, 0.717) is 6.42 Å². The first-order chi connectivity index (χ1) is 8.99. The molecule has 3 N–H and O–H groups in total. The average molecular weight is 272 g/mol. The van der Waals surface area contributed by atoms with E-state index in [1.807, 2.05) is 5.32 Å². The summed E-state index contributed by atoms with van der Waals surface area (Å²) in [5.41, 5.74) is 1.03. The summed E-state index contributed by atoms with van der Waals surface area (Å²) < 4.78 is 23.6. The molecule has 0 saturated carbocycles. The lowest BCUT2D eigenvalue weighted by Gasteiger charge is -2.07. The molecule has 0 radical (unpaired) electrons. The smallest absolute Gasteiger partial charge is 0.335 e. The Morgan fingerprint density at radius 3 is 2.32 bits per heavy atom. The number of urea groups is 1. The van der Waals surface area contributed by atoms with Gasteiger partial charge in [0.2, 0.25) is 0 Å². The molecular weight excluding hydrogens is 258 g/mol. The maximum atomic E-state index is 11.8. The summed E-state index contributed by atoms with van der Waals surface area (Å²) >= 11 is 0. The summed E-state index contributed by atoms with van der Waals surface area (Å²) in [4.78, 5) is 21.7. The summed E-state index contributed by atoms with van der Waals surface area (Å²) in [7, 11) is 0. The molecule has 0 atom stereocenters. The summed E-state index contributed by atoms with van der Waals surface area (Å²) in [6.45, 7) is -0.402. The molecule has 0 fully saturated rings. The van der Waals surface area contributed by atoms with Crippen molar-refractivity contribution in [2.75, 3.05) is 13.1 Å². The van der Waals surface area contributed by atoms with Crippen LogP contribution in [-0.4, -0.2) is 36.6 Å². The van der Waals surface area contributed by atoms with Crippen LogP contribution < -0.4 is 10.6 Å². The lowest BCUT2D eigenvalue weighted by molar-refractivity contribution is 0.0697. The number of halogens is 2. The zero-order valence-electron chi connectivity index (χ0n) is 10.0.